The summed E-state index contributed by atoms with van der Waals surface area (Å²) in [6.45, 7) is 7.76. The zero-order chi connectivity index (χ0) is 23.2. The number of hydrogen-bond acceptors (Lipinski definition) is 7. The Labute approximate surface area is 193 Å². The van der Waals surface area contributed by atoms with Gasteiger partial charge in [-0.25, -0.2) is 9.78 Å². The van der Waals surface area contributed by atoms with E-state index in [-0.39, 0.29) is 0 Å². The van der Waals surface area contributed by atoms with Crippen molar-refractivity contribution >= 4 is 17.5 Å². The first-order chi connectivity index (χ1) is 16.1. The Morgan fingerprint density at radius 1 is 1.12 bits per heavy atom. The van der Waals surface area contributed by atoms with Crippen molar-refractivity contribution in [2.75, 3.05) is 23.8 Å². The first kappa shape index (κ1) is 22.2. The summed E-state index contributed by atoms with van der Waals surface area (Å²) >= 11 is 0. The largest absolute Gasteiger partial charge is 0.494 e. The van der Waals surface area contributed by atoms with Gasteiger partial charge in [0.1, 0.15) is 28.8 Å². The quantitative estimate of drug-likeness (QED) is 0.300. The molecule has 3 aromatic rings. The van der Waals surface area contributed by atoms with Crippen LogP contribution >= 0.6 is 0 Å². The van der Waals surface area contributed by atoms with Gasteiger partial charge in [0.25, 0.3) is 0 Å². The highest BCUT2D eigenvalue weighted by molar-refractivity contribution is 5.83. The number of carbonyl (C=O) groups is 1. The number of hydrogen-bond donors (Lipinski definition) is 1. The van der Waals surface area contributed by atoms with Crippen molar-refractivity contribution in [3.63, 3.8) is 0 Å². The van der Waals surface area contributed by atoms with E-state index in [0.717, 1.165) is 50.1 Å². The van der Waals surface area contributed by atoms with Crippen LogP contribution in [-0.2, 0) is 17.8 Å². The van der Waals surface area contributed by atoms with E-state index in [0.29, 0.717) is 23.1 Å². The number of pyridine rings is 1. The summed E-state index contributed by atoms with van der Waals surface area (Å²) in [7, 11) is 0. The molecule has 7 heteroatoms. The number of nitrogen functional groups attached to an aromatic ring is 1. The predicted octanol–water partition coefficient (Wildman–Crippen LogP) is 4.90. The Kier molecular flexibility index (Phi) is 6.78. The SMILES string of the molecule is C=CC(=O)Oc1cccc(Oc2cnc(N)c(N3CCc4cc(OCCC)ccc4C3)c2)c1. The molecular formula is C26H27N3O4. The highest BCUT2D eigenvalue weighted by Crippen LogP contribution is 2.34. The van der Waals surface area contributed by atoms with Crippen molar-refractivity contribution in [3.8, 4) is 23.0 Å². The van der Waals surface area contributed by atoms with E-state index in [1.54, 1.807) is 30.5 Å². The molecule has 0 saturated carbocycles. The molecule has 1 aromatic heterocycles. The Balaban J connectivity index is 1.50. The van der Waals surface area contributed by atoms with E-state index in [2.05, 4.69) is 35.5 Å². The van der Waals surface area contributed by atoms with Gasteiger partial charge in [0, 0.05) is 31.3 Å². The third-order valence-electron chi connectivity index (χ3n) is 5.30. The van der Waals surface area contributed by atoms with E-state index < -0.39 is 5.97 Å². The predicted molar refractivity (Wildman–Crippen MR) is 128 cm³/mol. The number of carbonyl (C=O) groups excluding carboxylic acids is 1. The second-order valence-electron chi connectivity index (χ2n) is 7.73. The number of benzene rings is 2. The van der Waals surface area contributed by atoms with Gasteiger partial charge in [-0.3, -0.25) is 0 Å². The number of ether oxygens (including phenoxy) is 3. The molecular weight excluding hydrogens is 418 g/mol. The molecule has 7 nitrogen and oxygen atoms in total. The summed E-state index contributed by atoms with van der Waals surface area (Å²) in [5, 5.41) is 0. The second kappa shape index (κ2) is 10.1. The Morgan fingerprint density at radius 2 is 1.97 bits per heavy atom. The van der Waals surface area contributed by atoms with Crippen LogP contribution in [0.1, 0.15) is 24.5 Å². The number of anilines is 2. The molecule has 1 aliphatic heterocycles. The molecule has 170 valence electrons. The van der Waals surface area contributed by atoms with E-state index in [1.807, 2.05) is 12.1 Å². The second-order valence-corrected chi connectivity index (χ2v) is 7.73. The molecule has 0 atom stereocenters. The number of aromatic nitrogens is 1. The summed E-state index contributed by atoms with van der Waals surface area (Å²) in [5.74, 6) is 2.27. The molecule has 0 fully saturated rings. The van der Waals surface area contributed by atoms with Crippen molar-refractivity contribution in [2.45, 2.75) is 26.3 Å². The van der Waals surface area contributed by atoms with Crippen LogP contribution in [0.4, 0.5) is 11.5 Å². The molecule has 33 heavy (non-hydrogen) atoms. The van der Waals surface area contributed by atoms with Gasteiger partial charge in [0.05, 0.1) is 18.5 Å². The van der Waals surface area contributed by atoms with E-state index >= 15 is 0 Å². The summed E-state index contributed by atoms with van der Waals surface area (Å²) < 4.78 is 16.9. The van der Waals surface area contributed by atoms with E-state index in [9.17, 15) is 4.79 Å². The Morgan fingerprint density at radius 3 is 2.79 bits per heavy atom. The van der Waals surface area contributed by atoms with Crippen LogP contribution in [0, 0.1) is 0 Å². The summed E-state index contributed by atoms with van der Waals surface area (Å²) in [5.41, 5.74) is 9.57. The summed E-state index contributed by atoms with van der Waals surface area (Å²) in [6, 6.07) is 15.0. The van der Waals surface area contributed by atoms with Gasteiger partial charge in [0.15, 0.2) is 0 Å². The van der Waals surface area contributed by atoms with Crippen molar-refractivity contribution in [2.24, 2.45) is 0 Å². The monoisotopic (exact) mass is 445 g/mol. The standard InChI is InChI=1S/C26H27N3O4/c1-3-12-31-20-9-8-19-17-29(11-10-18(19)13-20)24-15-23(16-28-26(24)27)32-21-6-5-7-22(14-21)33-25(30)4-2/h4-9,13-16H,2-3,10-12,17H2,1H3,(H2,27,28). The number of nitrogens with two attached hydrogens (primary N) is 1. The molecule has 4 rings (SSSR count). The molecule has 0 unspecified atom stereocenters. The number of rotatable bonds is 8. The van der Waals surface area contributed by atoms with Gasteiger partial charge >= 0.3 is 5.97 Å². The van der Waals surface area contributed by atoms with Crippen LogP contribution in [0.15, 0.2) is 67.4 Å². The van der Waals surface area contributed by atoms with Crippen LogP contribution in [-0.4, -0.2) is 24.1 Å². The van der Waals surface area contributed by atoms with Gasteiger partial charge in [-0.15, -0.1) is 0 Å². The molecule has 2 aromatic carbocycles. The van der Waals surface area contributed by atoms with E-state index in [4.69, 9.17) is 19.9 Å². The molecule has 0 radical (unpaired) electrons. The van der Waals surface area contributed by atoms with Crippen LogP contribution in [0.2, 0.25) is 0 Å². The van der Waals surface area contributed by atoms with Crippen molar-refractivity contribution in [3.05, 3.63) is 78.5 Å². The minimum atomic E-state index is -0.530. The number of nitrogens with zero attached hydrogens (tertiary/aromatic N) is 2. The number of esters is 1. The van der Waals surface area contributed by atoms with Gasteiger partial charge in [-0.2, -0.15) is 0 Å². The minimum absolute atomic E-state index is 0.371. The molecule has 2 N–H and O–H groups in total. The fourth-order valence-corrected chi connectivity index (χ4v) is 3.69. The Bertz CT molecular complexity index is 1160. The topological polar surface area (TPSA) is 86.9 Å². The van der Waals surface area contributed by atoms with Crippen LogP contribution in [0.3, 0.4) is 0 Å². The zero-order valence-corrected chi connectivity index (χ0v) is 18.6. The van der Waals surface area contributed by atoms with Crippen molar-refractivity contribution < 1.29 is 19.0 Å². The molecule has 1 aliphatic rings. The lowest BCUT2D eigenvalue weighted by atomic mass is 9.99. The fraction of sp³-hybridized carbons (Fsp3) is 0.231. The molecule has 0 spiro atoms. The minimum Gasteiger partial charge on any atom is -0.494 e. The maximum Gasteiger partial charge on any atom is 0.335 e. The van der Waals surface area contributed by atoms with Crippen molar-refractivity contribution in [1.82, 2.24) is 4.98 Å². The summed E-state index contributed by atoms with van der Waals surface area (Å²) in [6.07, 6.45) is 4.57. The summed E-state index contributed by atoms with van der Waals surface area (Å²) in [4.78, 5) is 18.0. The van der Waals surface area contributed by atoms with Gasteiger partial charge < -0.3 is 24.8 Å². The molecule has 0 aliphatic carbocycles. The zero-order valence-electron chi connectivity index (χ0n) is 18.6. The lowest BCUT2D eigenvalue weighted by molar-refractivity contribution is -0.128. The lowest BCUT2D eigenvalue weighted by Crippen LogP contribution is -2.31. The first-order valence-electron chi connectivity index (χ1n) is 10.9. The molecule has 0 amide bonds. The maximum absolute atomic E-state index is 11.4. The number of fused-ring (bicyclic) bond motifs is 1. The van der Waals surface area contributed by atoms with Crippen LogP contribution in [0.25, 0.3) is 0 Å². The third-order valence-corrected chi connectivity index (χ3v) is 5.30. The fourth-order valence-electron chi connectivity index (χ4n) is 3.69. The smallest absolute Gasteiger partial charge is 0.335 e. The van der Waals surface area contributed by atoms with Crippen LogP contribution in [0.5, 0.6) is 23.0 Å². The molecule has 0 saturated heterocycles. The van der Waals surface area contributed by atoms with Crippen molar-refractivity contribution in [1.29, 1.82) is 0 Å². The highest BCUT2D eigenvalue weighted by Gasteiger charge is 2.20. The van der Waals surface area contributed by atoms with E-state index in [1.165, 1.54) is 11.1 Å². The Hall–Kier alpha value is -4.00. The first-order valence-corrected chi connectivity index (χ1v) is 10.9. The maximum atomic E-state index is 11.4. The van der Waals surface area contributed by atoms with Gasteiger partial charge in [-0.05, 0) is 48.2 Å². The van der Waals surface area contributed by atoms with Gasteiger partial charge in [0.2, 0.25) is 0 Å². The molecule has 2 heterocycles. The van der Waals surface area contributed by atoms with Gasteiger partial charge in [-0.1, -0.05) is 25.6 Å². The van der Waals surface area contributed by atoms with Crippen LogP contribution < -0.4 is 24.8 Å². The molecule has 0 bridgehead atoms. The average molecular weight is 446 g/mol. The average Bonchev–Trinajstić information content (AvgIpc) is 2.83. The lowest BCUT2D eigenvalue weighted by Gasteiger charge is -2.31. The third kappa shape index (κ3) is 5.44. The highest BCUT2D eigenvalue weighted by atomic mass is 16.5. The normalized spacial score (nSPS) is 12.6.